The molecule has 0 aliphatic heterocycles. The van der Waals surface area contributed by atoms with Crippen molar-refractivity contribution in [2.75, 3.05) is 26.9 Å². The standard InChI is InChI=1S/C13H25NO2/c1-15-13-5-3-2-4-12(13)14-8-9-16-10-11-6-7-11/h11-14H,2-10H2,1H3. The molecule has 2 aliphatic carbocycles. The van der Waals surface area contributed by atoms with Gasteiger partial charge in [0.05, 0.1) is 12.7 Å². The molecule has 3 heteroatoms. The molecule has 2 saturated carbocycles. The average molecular weight is 227 g/mol. The third-order valence-corrected chi connectivity index (χ3v) is 3.71. The van der Waals surface area contributed by atoms with Gasteiger partial charge < -0.3 is 14.8 Å². The maximum Gasteiger partial charge on any atom is 0.0724 e. The van der Waals surface area contributed by atoms with Crippen molar-refractivity contribution < 1.29 is 9.47 Å². The first-order valence-electron chi connectivity index (χ1n) is 6.74. The zero-order valence-electron chi connectivity index (χ0n) is 10.4. The molecule has 0 saturated heterocycles. The number of methoxy groups -OCH3 is 1. The molecule has 0 aromatic rings. The van der Waals surface area contributed by atoms with E-state index in [0.29, 0.717) is 12.1 Å². The smallest absolute Gasteiger partial charge is 0.0724 e. The lowest BCUT2D eigenvalue weighted by molar-refractivity contribution is 0.0374. The summed E-state index contributed by atoms with van der Waals surface area (Å²) in [5, 5.41) is 3.57. The fraction of sp³-hybridized carbons (Fsp3) is 1.00. The van der Waals surface area contributed by atoms with E-state index >= 15 is 0 Å². The molecule has 0 amide bonds. The van der Waals surface area contributed by atoms with Crippen molar-refractivity contribution in [2.24, 2.45) is 5.92 Å². The minimum absolute atomic E-state index is 0.414. The van der Waals surface area contributed by atoms with Gasteiger partial charge in [-0.25, -0.2) is 0 Å². The van der Waals surface area contributed by atoms with E-state index < -0.39 is 0 Å². The molecule has 2 fully saturated rings. The van der Waals surface area contributed by atoms with Gasteiger partial charge in [0.15, 0.2) is 0 Å². The van der Waals surface area contributed by atoms with E-state index in [4.69, 9.17) is 9.47 Å². The Kier molecular flexibility index (Phi) is 5.07. The van der Waals surface area contributed by atoms with Crippen LogP contribution in [0.3, 0.4) is 0 Å². The molecule has 2 aliphatic rings. The Morgan fingerprint density at radius 1 is 1.12 bits per heavy atom. The summed E-state index contributed by atoms with van der Waals surface area (Å²) in [6.45, 7) is 2.79. The van der Waals surface area contributed by atoms with Crippen LogP contribution in [0.15, 0.2) is 0 Å². The highest BCUT2D eigenvalue weighted by atomic mass is 16.5. The van der Waals surface area contributed by atoms with Crippen LogP contribution in [0.2, 0.25) is 0 Å². The summed E-state index contributed by atoms with van der Waals surface area (Å²) in [7, 11) is 1.83. The Hall–Kier alpha value is -0.120. The molecule has 0 spiro atoms. The highest BCUT2D eigenvalue weighted by molar-refractivity contribution is 4.81. The van der Waals surface area contributed by atoms with Crippen LogP contribution in [0.4, 0.5) is 0 Å². The normalized spacial score (nSPS) is 30.6. The predicted molar refractivity (Wildman–Crippen MR) is 64.6 cm³/mol. The summed E-state index contributed by atoms with van der Waals surface area (Å²) in [6.07, 6.45) is 8.27. The molecule has 94 valence electrons. The number of nitrogens with one attached hydrogen (secondary N) is 1. The van der Waals surface area contributed by atoms with Gasteiger partial charge in [-0.3, -0.25) is 0 Å². The molecule has 0 aromatic carbocycles. The van der Waals surface area contributed by atoms with Crippen molar-refractivity contribution in [1.29, 1.82) is 0 Å². The summed E-state index contributed by atoms with van der Waals surface area (Å²) < 4.78 is 11.1. The number of hydrogen-bond acceptors (Lipinski definition) is 3. The largest absolute Gasteiger partial charge is 0.380 e. The van der Waals surface area contributed by atoms with E-state index in [1.54, 1.807) is 0 Å². The van der Waals surface area contributed by atoms with Crippen molar-refractivity contribution in [3.05, 3.63) is 0 Å². The van der Waals surface area contributed by atoms with Crippen LogP contribution in [0, 0.1) is 5.92 Å². The third kappa shape index (κ3) is 4.04. The lowest BCUT2D eigenvalue weighted by Crippen LogP contribution is -2.44. The van der Waals surface area contributed by atoms with Gasteiger partial charge in [-0.2, -0.15) is 0 Å². The first-order valence-corrected chi connectivity index (χ1v) is 6.74. The Balaban J connectivity index is 1.52. The van der Waals surface area contributed by atoms with Crippen LogP contribution >= 0.6 is 0 Å². The Labute approximate surface area is 98.9 Å². The molecule has 2 unspecified atom stereocenters. The molecule has 2 atom stereocenters. The van der Waals surface area contributed by atoms with E-state index in [1.807, 2.05) is 7.11 Å². The van der Waals surface area contributed by atoms with Crippen molar-refractivity contribution in [2.45, 2.75) is 50.7 Å². The topological polar surface area (TPSA) is 30.5 Å². The molecule has 0 aromatic heterocycles. The van der Waals surface area contributed by atoms with E-state index in [1.165, 1.54) is 38.5 Å². The Morgan fingerprint density at radius 2 is 1.94 bits per heavy atom. The monoisotopic (exact) mass is 227 g/mol. The molecule has 2 rings (SSSR count). The van der Waals surface area contributed by atoms with Gasteiger partial charge in [0.1, 0.15) is 0 Å². The van der Waals surface area contributed by atoms with Crippen molar-refractivity contribution in [3.63, 3.8) is 0 Å². The van der Waals surface area contributed by atoms with E-state index in [0.717, 1.165) is 25.7 Å². The summed E-state index contributed by atoms with van der Waals surface area (Å²) in [5.74, 6) is 0.876. The van der Waals surface area contributed by atoms with Gasteiger partial charge in [-0.15, -0.1) is 0 Å². The van der Waals surface area contributed by atoms with Gasteiger partial charge >= 0.3 is 0 Å². The van der Waals surface area contributed by atoms with Gasteiger partial charge in [-0.1, -0.05) is 12.8 Å². The van der Waals surface area contributed by atoms with E-state index in [-0.39, 0.29) is 0 Å². The SMILES string of the molecule is COC1CCCCC1NCCOCC1CC1. The summed E-state index contributed by atoms with van der Waals surface area (Å²) in [4.78, 5) is 0. The van der Waals surface area contributed by atoms with Gasteiger partial charge in [0.25, 0.3) is 0 Å². The van der Waals surface area contributed by atoms with E-state index in [2.05, 4.69) is 5.32 Å². The predicted octanol–water partition coefficient (Wildman–Crippen LogP) is 1.96. The van der Waals surface area contributed by atoms with Crippen LogP contribution in [-0.4, -0.2) is 39.0 Å². The number of ether oxygens (including phenoxy) is 2. The van der Waals surface area contributed by atoms with Crippen molar-refractivity contribution in [1.82, 2.24) is 5.32 Å². The first kappa shape index (κ1) is 12.3. The fourth-order valence-electron chi connectivity index (χ4n) is 2.46. The average Bonchev–Trinajstić information content (AvgIpc) is 3.13. The van der Waals surface area contributed by atoms with E-state index in [9.17, 15) is 0 Å². The summed E-state index contributed by atoms with van der Waals surface area (Å²) >= 11 is 0. The van der Waals surface area contributed by atoms with Crippen LogP contribution < -0.4 is 5.32 Å². The lowest BCUT2D eigenvalue weighted by atomic mass is 9.92. The highest BCUT2D eigenvalue weighted by Crippen LogP contribution is 2.28. The minimum Gasteiger partial charge on any atom is -0.380 e. The molecule has 0 bridgehead atoms. The molecule has 16 heavy (non-hydrogen) atoms. The van der Waals surface area contributed by atoms with Crippen LogP contribution in [-0.2, 0) is 9.47 Å². The Morgan fingerprint density at radius 3 is 2.69 bits per heavy atom. The molecule has 1 N–H and O–H groups in total. The van der Waals surface area contributed by atoms with Crippen molar-refractivity contribution >= 4 is 0 Å². The zero-order chi connectivity index (χ0) is 11.2. The maximum absolute atomic E-state index is 5.61. The molecule has 3 nitrogen and oxygen atoms in total. The third-order valence-electron chi connectivity index (χ3n) is 3.71. The first-order chi connectivity index (χ1) is 7.90. The quantitative estimate of drug-likeness (QED) is 0.674. The number of rotatable bonds is 7. The highest BCUT2D eigenvalue weighted by Gasteiger charge is 2.24. The second kappa shape index (κ2) is 6.58. The van der Waals surface area contributed by atoms with Crippen LogP contribution in [0.5, 0.6) is 0 Å². The molecular weight excluding hydrogens is 202 g/mol. The molecule has 0 heterocycles. The van der Waals surface area contributed by atoms with Gasteiger partial charge in [0, 0.05) is 26.3 Å². The van der Waals surface area contributed by atoms with Crippen LogP contribution in [0.25, 0.3) is 0 Å². The maximum atomic E-state index is 5.61. The molecular formula is C13H25NO2. The van der Waals surface area contributed by atoms with Gasteiger partial charge in [0.2, 0.25) is 0 Å². The van der Waals surface area contributed by atoms with Crippen molar-refractivity contribution in [3.8, 4) is 0 Å². The minimum atomic E-state index is 0.414. The van der Waals surface area contributed by atoms with Gasteiger partial charge in [-0.05, 0) is 31.6 Å². The Bertz CT molecular complexity index is 194. The second-order valence-electron chi connectivity index (χ2n) is 5.14. The lowest BCUT2D eigenvalue weighted by Gasteiger charge is -2.31. The zero-order valence-corrected chi connectivity index (χ0v) is 10.4. The fourth-order valence-corrected chi connectivity index (χ4v) is 2.46. The molecule has 0 radical (unpaired) electrons. The second-order valence-corrected chi connectivity index (χ2v) is 5.14. The summed E-state index contributed by atoms with van der Waals surface area (Å²) in [6, 6.07) is 0.545. The number of hydrogen-bond donors (Lipinski definition) is 1. The van der Waals surface area contributed by atoms with Crippen LogP contribution in [0.1, 0.15) is 38.5 Å². The summed E-state index contributed by atoms with van der Waals surface area (Å²) in [5.41, 5.74) is 0.